The maximum atomic E-state index is 2.65. The van der Waals surface area contributed by atoms with Crippen molar-refractivity contribution >= 4 is 493 Å². The van der Waals surface area contributed by atoms with Gasteiger partial charge in [0, 0.05) is 47.0 Å². The first-order valence-corrected chi connectivity index (χ1v) is 85.7. The average Bonchev–Trinajstić information content (AvgIpc) is 1.56. The first-order chi connectivity index (χ1) is 45.9. The van der Waals surface area contributed by atoms with E-state index in [4.69, 9.17) is 0 Å². The van der Waals surface area contributed by atoms with E-state index in [0.717, 1.165) is 0 Å². The van der Waals surface area contributed by atoms with Crippen LogP contribution in [0.5, 0.6) is 0 Å². The van der Waals surface area contributed by atoms with Crippen LogP contribution in [0.25, 0.3) is 134 Å². The second kappa shape index (κ2) is 24.4. The Bertz CT molecular complexity index is 5140. The van der Waals surface area contributed by atoms with Gasteiger partial charge in [-0.3, -0.25) is 0 Å². The zero-order valence-electron chi connectivity index (χ0n) is 63.2. The molecule has 30 heteroatoms. The topological polar surface area (TPSA) is 0 Å². The van der Waals surface area contributed by atoms with Crippen LogP contribution in [0.2, 0.25) is 196 Å². The molecule has 0 spiro atoms. The summed E-state index contributed by atoms with van der Waals surface area (Å²) in [6.07, 6.45) is 0. The van der Waals surface area contributed by atoms with E-state index in [-0.39, 0.29) is 0 Å². The molecular weight excluding hydrogens is 1760 g/mol. The highest BCUT2D eigenvalue weighted by molar-refractivity contribution is 7.63. The first-order valence-electron chi connectivity index (χ1n) is 34.4. The smallest absolute Gasteiger partial charge is 0.0824 e. The van der Waals surface area contributed by atoms with Crippen LogP contribution in [0.15, 0.2) is 0 Å². The van der Waals surface area contributed by atoms with Gasteiger partial charge >= 0.3 is 0 Å². The second-order valence-corrected chi connectivity index (χ2v) is 111. The Labute approximate surface area is 679 Å². The van der Waals surface area contributed by atoms with E-state index in [2.05, 4.69) is 423 Å². The molecule has 0 saturated carbocycles. The number of thiophene rings is 15. The highest BCUT2D eigenvalue weighted by Gasteiger charge is 2.40. The van der Waals surface area contributed by atoms with E-state index >= 15 is 0 Å². The molecule has 0 unspecified atom stereocenters. The minimum Gasteiger partial charge on any atom is -0.133 e. The van der Waals surface area contributed by atoms with Crippen molar-refractivity contribution in [2.24, 2.45) is 0 Å². The molecule has 0 radical (unpaired) electrons. The molecule has 16 aromatic heterocycles. The van der Waals surface area contributed by atoms with Crippen molar-refractivity contribution in [3.8, 4) is 0 Å². The molecule has 0 atom stereocenters. The Morgan fingerprint density at radius 1 is 0.100 bits per heavy atom. The van der Waals surface area contributed by atoms with E-state index in [0.29, 0.717) is 0 Å². The molecule has 100 heavy (non-hydrogen) atoms. The summed E-state index contributed by atoms with van der Waals surface area (Å²) in [6, 6.07) is 0. The average molecular weight is 1850 g/mol. The van der Waals surface area contributed by atoms with Crippen LogP contribution in [0.1, 0.15) is 0 Å². The van der Waals surface area contributed by atoms with E-state index in [1.54, 1.807) is 186 Å². The van der Waals surface area contributed by atoms with Crippen LogP contribution >= 0.6 is 227 Å². The Balaban J connectivity index is 1.07. The normalized spacial score (nSPS) is 14.5. The summed E-state index contributed by atoms with van der Waals surface area (Å²) in [7, 11) is -18.4. The third-order valence-electron chi connectivity index (χ3n) is 18.8. The van der Waals surface area contributed by atoms with Crippen LogP contribution < -0.4 is 51.9 Å². The molecule has 16 rings (SSSR count). The molecule has 16 aromatic rings. The summed E-state index contributed by atoms with van der Waals surface area (Å²) in [5, 5.41) is 17.3. The minimum absolute atomic E-state index is 1.59. The lowest BCUT2D eigenvalue weighted by molar-refractivity contribution is 1.80. The van der Waals surface area contributed by atoms with Crippen LogP contribution in [0.3, 0.4) is 0 Å². The minimum atomic E-state index is -1.84. The summed E-state index contributed by atoms with van der Waals surface area (Å²) in [6.45, 7) is 79.4. The third-order valence-corrected chi connectivity index (χ3v) is 71.2. The third kappa shape index (κ3) is 12.1. The first kappa shape index (κ1) is 75.4. The van der Waals surface area contributed by atoms with Gasteiger partial charge in [0.1, 0.15) is 0 Å². The van der Waals surface area contributed by atoms with E-state index in [1.165, 1.54) is 0 Å². The standard InChI is InChI=1S/C70H90S20Si10/c1-91(2,3)51-41-31-32-42(71-41)52(92(4,5)6)63(77-32)87-64-55(95(13,14)15)45-35(80-64)36-46(73-45)57(97(19,20)21)67(81-36)89-68-59(99(25,26)27)49-39(84-68)40-50(75-49)60(100(28,29)30)70(85-40)90-69-58(98(22,23)24)48-38(83-69)37-47(74-48)56(96(16,17)18)66(82-37)88-65-54(94(10,11)12)44-34(79-65)33-43(72-44)53(93(7,8)9)62(78-33)86-61(51)76-31/h1-30H3. The molecule has 16 heterocycles. The van der Waals surface area contributed by atoms with Gasteiger partial charge in [0.2, 0.25) is 0 Å². The van der Waals surface area contributed by atoms with Crippen molar-refractivity contribution < 1.29 is 0 Å². The van der Waals surface area contributed by atoms with Crippen LogP contribution in [-0.2, 0) is 0 Å². The molecule has 0 fully saturated rings. The fourth-order valence-corrected chi connectivity index (χ4v) is 90.6. The summed E-state index contributed by atoms with van der Waals surface area (Å²) < 4.78 is 48.1. The fraction of sp³-hybridized carbons (Fsp3) is 0.429. The number of rotatable bonds is 10. The molecular formula is C70H90S20Si10. The van der Waals surface area contributed by atoms with Gasteiger partial charge in [-0.15, -0.1) is 227 Å². The van der Waals surface area contributed by atoms with Crippen molar-refractivity contribution in [3.05, 3.63) is 0 Å². The van der Waals surface area contributed by atoms with Crippen LogP contribution in [0.4, 0.5) is 0 Å². The van der Waals surface area contributed by atoms with Crippen molar-refractivity contribution in [2.45, 2.75) is 196 Å². The van der Waals surface area contributed by atoms with Gasteiger partial charge in [-0.25, -0.2) is 0 Å². The largest absolute Gasteiger partial charge is 0.133 e. The molecule has 0 aliphatic rings. The number of hydrogen-bond donors (Lipinski definition) is 0. The molecule has 0 saturated heterocycles. The van der Waals surface area contributed by atoms with E-state index in [9.17, 15) is 0 Å². The number of hydrogen-bond acceptors (Lipinski definition) is 20. The van der Waals surface area contributed by atoms with E-state index in [1.807, 2.05) is 0 Å². The van der Waals surface area contributed by atoms with Gasteiger partial charge in [0.15, 0.2) is 0 Å². The Hall–Kier alpha value is 1.37. The lowest BCUT2D eigenvalue weighted by Crippen LogP contribution is -2.38. The highest BCUT2D eigenvalue weighted by atomic mass is 32.2. The van der Waals surface area contributed by atoms with Crippen LogP contribution in [-0.4, -0.2) is 80.7 Å². The van der Waals surface area contributed by atoms with Crippen molar-refractivity contribution in [2.75, 3.05) is 0 Å². The maximum absolute atomic E-state index is 2.65. The summed E-state index contributed by atoms with van der Waals surface area (Å²) in [4.78, 5) is 0. The molecule has 0 N–H and O–H groups in total. The summed E-state index contributed by atoms with van der Waals surface area (Å²) in [5.74, 6) is 0. The Morgan fingerprint density at radius 2 is 0.180 bits per heavy atom. The summed E-state index contributed by atoms with van der Waals surface area (Å²) in [5.41, 5.74) is 0. The van der Waals surface area contributed by atoms with Crippen molar-refractivity contribution in [3.63, 3.8) is 0 Å². The van der Waals surface area contributed by atoms with Crippen molar-refractivity contribution in [1.82, 2.24) is 0 Å². The molecule has 0 amide bonds. The predicted molar refractivity (Wildman–Crippen MR) is 538 cm³/mol. The Kier molecular flexibility index (Phi) is 18.4. The second-order valence-electron chi connectivity index (χ2n) is 37.7. The van der Waals surface area contributed by atoms with E-state index < -0.39 is 80.7 Å². The molecule has 530 valence electrons. The molecule has 0 aromatic carbocycles. The lowest BCUT2D eigenvalue weighted by Gasteiger charge is -2.17. The molecule has 20 bridgehead atoms. The van der Waals surface area contributed by atoms with Gasteiger partial charge in [0.25, 0.3) is 0 Å². The molecule has 0 nitrogen and oxygen atoms in total. The molecule has 0 aliphatic carbocycles. The van der Waals surface area contributed by atoms with Crippen LogP contribution in [0, 0.1) is 0 Å². The predicted octanol–water partition coefficient (Wildman–Crippen LogP) is 29.6. The van der Waals surface area contributed by atoms with Gasteiger partial charge in [-0.1, -0.05) is 196 Å². The van der Waals surface area contributed by atoms with Gasteiger partial charge in [-0.05, 0) is 51.9 Å². The highest BCUT2D eigenvalue weighted by Crippen LogP contribution is 2.54. The maximum Gasteiger partial charge on any atom is 0.0824 e. The molecule has 0 aliphatic heterocycles. The number of fused-ring (bicyclic) bond motifs is 10. The monoisotopic (exact) mass is 1850 g/mol. The SMILES string of the molecule is C[Si](C)(C)c1c2sc3sc4c(sc5c([Si](C)(C)C)c(sc6sc7c(sc8c([Si](C)(C)C)c(sc9sc%10c(sc%11c([Si](C)(C)C)c(sc%12sc%13c(sc%14c([Si](C)(C)C)c(sc%15sc%16c(sc1c%16s2)c%15[Si](C)(C)C)sc%14%13)c%12[Si](C)(C)C)sc%11%10)c9[Si](C)(C)C)sc87)c6[Si](C)(C)C)sc54)c3[Si](C)(C)C. The van der Waals surface area contributed by atoms with Gasteiger partial charge < -0.3 is 0 Å². The zero-order valence-corrected chi connectivity index (χ0v) is 89.5. The fourth-order valence-electron chi connectivity index (χ4n) is 14.5. The lowest BCUT2D eigenvalue weighted by atomic mass is 10.5. The van der Waals surface area contributed by atoms with Gasteiger partial charge in [0.05, 0.1) is 168 Å². The van der Waals surface area contributed by atoms with Crippen molar-refractivity contribution in [1.29, 1.82) is 0 Å². The van der Waals surface area contributed by atoms with Gasteiger partial charge in [-0.2, -0.15) is 0 Å². The quantitative estimate of drug-likeness (QED) is 0.120. The Morgan fingerprint density at radius 3 is 0.250 bits per heavy atom. The zero-order chi connectivity index (χ0) is 72.2. The summed E-state index contributed by atoms with van der Waals surface area (Å²) >= 11 is 43.9.